The third kappa shape index (κ3) is 6.42. The lowest BCUT2D eigenvalue weighted by molar-refractivity contribution is 0.0901. The van der Waals surface area contributed by atoms with Crippen LogP contribution < -0.4 is 20.9 Å². The predicted octanol–water partition coefficient (Wildman–Crippen LogP) is 5.61. The van der Waals surface area contributed by atoms with Crippen LogP contribution in [0, 0.1) is 5.82 Å². The molecule has 43 heavy (non-hydrogen) atoms. The van der Waals surface area contributed by atoms with Gasteiger partial charge >= 0.3 is 0 Å². The number of pyridine rings is 1. The van der Waals surface area contributed by atoms with E-state index in [9.17, 15) is 14.7 Å². The number of amides is 1. The molecule has 0 aliphatic heterocycles. The highest BCUT2D eigenvalue weighted by Gasteiger charge is 2.24. The summed E-state index contributed by atoms with van der Waals surface area (Å²) in [5, 5.41) is 20.5. The molecule has 3 N–H and O–H groups in total. The zero-order chi connectivity index (χ0) is 30.7. The molecule has 0 radical (unpaired) electrons. The molecular weight excluding hydrogens is 596 g/mol. The number of rotatable bonds is 8. The molecule has 1 aliphatic carbocycles. The quantitative estimate of drug-likeness (QED) is 0.233. The summed E-state index contributed by atoms with van der Waals surface area (Å²) in [6, 6.07) is 12.7. The first-order valence-electron chi connectivity index (χ1n) is 13.8. The molecule has 224 valence electrons. The van der Waals surface area contributed by atoms with Gasteiger partial charge in [-0.3, -0.25) is 9.59 Å². The molecule has 1 amide bonds. The molecule has 1 fully saturated rings. The number of carbonyl (C=O) groups excluding carboxylic acids is 1. The number of aromatic nitrogens is 3. The molecule has 12 heteroatoms. The third-order valence-corrected chi connectivity index (χ3v) is 8.35. The minimum atomic E-state index is -0.646. The Morgan fingerprint density at radius 1 is 1.09 bits per heavy atom. The smallest absolute Gasteiger partial charge is 0.279 e. The van der Waals surface area contributed by atoms with Crippen molar-refractivity contribution in [2.75, 3.05) is 12.4 Å². The minimum Gasteiger partial charge on any atom is -0.481 e. The van der Waals surface area contributed by atoms with Crippen LogP contribution in [-0.4, -0.2) is 45.0 Å². The number of methoxy groups -OCH3 is 1. The molecule has 2 aromatic carbocycles. The van der Waals surface area contributed by atoms with Crippen molar-refractivity contribution in [2.45, 2.75) is 44.4 Å². The van der Waals surface area contributed by atoms with Crippen molar-refractivity contribution < 1.29 is 19.0 Å². The summed E-state index contributed by atoms with van der Waals surface area (Å²) in [4.78, 5) is 29.6. The maximum atomic E-state index is 15.6. The van der Waals surface area contributed by atoms with Crippen LogP contribution >= 0.6 is 23.2 Å². The molecule has 4 aromatic rings. The second-order valence-corrected chi connectivity index (χ2v) is 11.0. The average Bonchev–Trinajstić information content (AvgIpc) is 3.00. The minimum absolute atomic E-state index is 0.000682. The second-order valence-electron chi connectivity index (χ2n) is 10.3. The van der Waals surface area contributed by atoms with Gasteiger partial charge in [0.2, 0.25) is 5.88 Å². The van der Waals surface area contributed by atoms with Crippen LogP contribution in [0.15, 0.2) is 59.5 Å². The van der Waals surface area contributed by atoms with Crippen molar-refractivity contribution in [1.82, 2.24) is 20.1 Å². The third-order valence-electron chi connectivity index (χ3n) is 7.53. The first-order chi connectivity index (χ1) is 20.7. The van der Waals surface area contributed by atoms with Crippen molar-refractivity contribution >= 4 is 34.8 Å². The molecule has 1 saturated carbocycles. The summed E-state index contributed by atoms with van der Waals surface area (Å²) in [5.41, 5.74) is 1.41. The summed E-state index contributed by atoms with van der Waals surface area (Å²) in [6.45, 7) is 0.280. The lowest BCUT2D eigenvalue weighted by Crippen LogP contribution is -2.41. The number of aliphatic hydroxyl groups excluding tert-OH is 1. The fourth-order valence-corrected chi connectivity index (χ4v) is 5.81. The SMILES string of the molecule is COc1nc(-c2cccc(-c3cccc(NC(=O)c4ccnn(C)c4=O)c3Cl)c2Cl)c(F)cc1CNC1CCCCC1O. The van der Waals surface area contributed by atoms with E-state index >= 15 is 4.39 Å². The van der Waals surface area contributed by atoms with Crippen LogP contribution in [0.5, 0.6) is 5.88 Å². The van der Waals surface area contributed by atoms with E-state index in [0.717, 1.165) is 30.4 Å². The van der Waals surface area contributed by atoms with E-state index in [4.69, 9.17) is 27.9 Å². The molecule has 0 bridgehead atoms. The zero-order valence-electron chi connectivity index (χ0n) is 23.5. The molecule has 5 rings (SSSR count). The van der Waals surface area contributed by atoms with Gasteiger partial charge in [0.15, 0.2) is 0 Å². The number of carbonyl (C=O) groups is 1. The molecule has 2 atom stereocenters. The Kier molecular flexibility index (Phi) is 9.41. The Morgan fingerprint density at radius 3 is 2.53 bits per heavy atom. The highest BCUT2D eigenvalue weighted by atomic mass is 35.5. The monoisotopic (exact) mass is 625 g/mol. The van der Waals surface area contributed by atoms with Gasteiger partial charge in [-0.1, -0.05) is 66.4 Å². The first-order valence-corrected chi connectivity index (χ1v) is 14.5. The number of nitrogens with zero attached hydrogens (tertiary/aromatic N) is 3. The van der Waals surface area contributed by atoms with E-state index in [-0.39, 0.29) is 45.5 Å². The number of ether oxygens (including phenoxy) is 1. The molecule has 1 aliphatic rings. The van der Waals surface area contributed by atoms with Crippen molar-refractivity contribution in [3.8, 4) is 28.3 Å². The lowest BCUT2D eigenvalue weighted by atomic mass is 9.92. The van der Waals surface area contributed by atoms with Gasteiger partial charge in [0.1, 0.15) is 17.1 Å². The van der Waals surface area contributed by atoms with Crippen LogP contribution in [-0.2, 0) is 13.6 Å². The maximum absolute atomic E-state index is 15.6. The van der Waals surface area contributed by atoms with Gasteiger partial charge in [-0.25, -0.2) is 14.1 Å². The highest BCUT2D eigenvalue weighted by molar-refractivity contribution is 6.39. The number of hydrogen-bond acceptors (Lipinski definition) is 7. The summed E-state index contributed by atoms with van der Waals surface area (Å²) in [7, 11) is 2.91. The van der Waals surface area contributed by atoms with E-state index in [1.807, 2.05) is 0 Å². The molecular formula is C31H30Cl2FN5O4. The molecule has 2 aromatic heterocycles. The Balaban J connectivity index is 1.45. The summed E-state index contributed by atoms with van der Waals surface area (Å²) in [5.74, 6) is -1.000. The molecule has 9 nitrogen and oxygen atoms in total. The number of halogens is 3. The van der Waals surface area contributed by atoms with Gasteiger partial charge < -0.3 is 20.5 Å². The number of hydrogen-bond donors (Lipinski definition) is 3. The number of aliphatic hydroxyl groups is 1. The predicted molar refractivity (Wildman–Crippen MR) is 164 cm³/mol. The van der Waals surface area contributed by atoms with Gasteiger partial charge in [0.05, 0.1) is 28.9 Å². The highest BCUT2D eigenvalue weighted by Crippen LogP contribution is 2.42. The van der Waals surface area contributed by atoms with Gasteiger partial charge in [0, 0.05) is 48.1 Å². The summed E-state index contributed by atoms with van der Waals surface area (Å²) in [6.07, 6.45) is 4.50. The van der Waals surface area contributed by atoms with Gasteiger partial charge in [-0.2, -0.15) is 5.10 Å². The van der Waals surface area contributed by atoms with Crippen molar-refractivity contribution in [2.24, 2.45) is 7.05 Å². The standard InChI is InChI=1S/C31H30Cl2FN5O4/c1-39-31(42)21(13-14-36-39)29(41)37-24-11-6-8-19(27(24)33)18-7-5-9-20(26(18)32)28-22(34)15-17(30(38-28)43-2)16-35-23-10-3-4-12-25(23)40/h5-9,11,13-15,23,25,35,40H,3-4,10,12,16H2,1-2H3,(H,37,41). The van der Waals surface area contributed by atoms with E-state index in [2.05, 4.69) is 20.7 Å². The van der Waals surface area contributed by atoms with E-state index in [0.29, 0.717) is 22.3 Å². The Bertz CT molecular complexity index is 1730. The van der Waals surface area contributed by atoms with Crippen LogP contribution in [0.1, 0.15) is 41.6 Å². The molecule has 0 saturated heterocycles. The van der Waals surface area contributed by atoms with E-state index in [1.54, 1.807) is 36.4 Å². The zero-order valence-corrected chi connectivity index (χ0v) is 25.0. The Morgan fingerprint density at radius 2 is 1.79 bits per heavy atom. The molecule has 2 unspecified atom stereocenters. The number of nitrogens with one attached hydrogen (secondary N) is 2. The summed E-state index contributed by atoms with van der Waals surface area (Å²) >= 11 is 13.6. The van der Waals surface area contributed by atoms with Gasteiger partial charge in [0.25, 0.3) is 11.5 Å². The number of benzene rings is 2. The lowest BCUT2D eigenvalue weighted by Gasteiger charge is -2.28. The first kappa shape index (κ1) is 30.6. The van der Waals surface area contributed by atoms with Crippen LogP contribution in [0.3, 0.4) is 0 Å². The second kappa shape index (κ2) is 13.2. The Hall–Kier alpha value is -3.83. The fraction of sp³-hybridized carbons (Fsp3) is 0.290. The largest absolute Gasteiger partial charge is 0.481 e. The van der Waals surface area contributed by atoms with Crippen molar-refractivity contribution in [1.29, 1.82) is 0 Å². The van der Waals surface area contributed by atoms with E-state index < -0.39 is 23.4 Å². The Labute approximate surface area is 257 Å². The van der Waals surface area contributed by atoms with E-state index in [1.165, 1.54) is 32.5 Å². The molecule has 2 heterocycles. The van der Waals surface area contributed by atoms with Crippen molar-refractivity contribution in [3.63, 3.8) is 0 Å². The molecule has 0 spiro atoms. The number of aryl methyl sites for hydroxylation is 1. The van der Waals surface area contributed by atoms with Gasteiger partial charge in [-0.05, 0) is 31.0 Å². The number of anilines is 1. The van der Waals surface area contributed by atoms with Gasteiger partial charge in [-0.15, -0.1) is 0 Å². The normalized spacial score (nSPS) is 16.6. The fourth-order valence-electron chi connectivity index (χ4n) is 5.22. The maximum Gasteiger partial charge on any atom is 0.279 e. The van der Waals surface area contributed by atoms with Crippen LogP contribution in [0.4, 0.5) is 10.1 Å². The van der Waals surface area contributed by atoms with Crippen LogP contribution in [0.2, 0.25) is 10.0 Å². The summed E-state index contributed by atoms with van der Waals surface area (Å²) < 4.78 is 22.1. The average molecular weight is 627 g/mol. The topological polar surface area (TPSA) is 118 Å². The van der Waals surface area contributed by atoms with Crippen LogP contribution in [0.25, 0.3) is 22.4 Å². The van der Waals surface area contributed by atoms with Crippen molar-refractivity contribution in [3.05, 3.63) is 92.1 Å².